The van der Waals surface area contributed by atoms with Gasteiger partial charge in [-0.05, 0) is 34.0 Å². The molecule has 5 heteroatoms. The molecule has 1 amide bonds. The van der Waals surface area contributed by atoms with Crippen LogP contribution in [0.1, 0.15) is 22.8 Å². The van der Waals surface area contributed by atoms with Crippen molar-refractivity contribution < 1.29 is 4.79 Å². The van der Waals surface area contributed by atoms with Crippen LogP contribution in [0, 0.1) is 0 Å². The van der Waals surface area contributed by atoms with E-state index in [9.17, 15) is 4.79 Å². The number of halogens is 2. The Kier molecular flexibility index (Phi) is 3.38. The van der Waals surface area contributed by atoms with Crippen LogP contribution >= 0.6 is 27.5 Å². The van der Waals surface area contributed by atoms with Gasteiger partial charge in [0.15, 0.2) is 5.16 Å². The van der Waals surface area contributed by atoms with Crippen LogP contribution in [0.3, 0.4) is 0 Å². The van der Waals surface area contributed by atoms with Gasteiger partial charge in [-0.2, -0.15) is 0 Å². The molecule has 0 aliphatic carbocycles. The molecule has 0 radical (unpaired) electrons. The summed E-state index contributed by atoms with van der Waals surface area (Å²) in [5, 5.41) is 0.191. The summed E-state index contributed by atoms with van der Waals surface area (Å²) in [6.45, 7) is 2.05. The number of rotatable bonds is 1. The van der Waals surface area contributed by atoms with Crippen LogP contribution in [0.4, 0.5) is 5.69 Å². The molecular formula is C12H10BrClN2O. The van der Waals surface area contributed by atoms with E-state index >= 15 is 0 Å². The van der Waals surface area contributed by atoms with Crippen LogP contribution in [0.2, 0.25) is 0 Å². The average molecular weight is 314 g/mol. The molecule has 1 heterocycles. The Morgan fingerprint density at radius 1 is 1.53 bits per heavy atom. The standard InChI is InChI=1S/C12H10BrClN2O/c1-3-7-4-5-8-11(10(7)13)15-6-9(14)16(2)12(8)17/h4-5H,3H2,1-2H3. The maximum atomic E-state index is 12.1. The second kappa shape index (κ2) is 4.65. The molecule has 0 N–H and O–H groups in total. The molecule has 0 unspecified atom stereocenters. The Labute approximate surface area is 113 Å². The zero-order chi connectivity index (χ0) is 12.6. The zero-order valence-corrected chi connectivity index (χ0v) is 11.8. The molecule has 0 fully saturated rings. The highest BCUT2D eigenvalue weighted by Gasteiger charge is 2.22. The van der Waals surface area contributed by atoms with E-state index in [0.717, 1.165) is 16.5 Å². The van der Waals surface area contributed by atoms with Crippen LogP contribution in [-0.4, -0.2) is 23.7 Å². The fraction of sp³-hybridized carbons (Fsp3) is 0.250. The van der Waals surface area contributed by atoms with Gasteiger partial charge in [-0.1, -0.05) is 24.6 Å². The van der Waals surface area contributed by atoms with E-state index < -0.39 is 0 Å². The number of carbonyl (C=O) groups is 1. The monoisotopic (exact) mass is 312 g/mol. The quantitative estimate of drug-likeness (QED) is 0.731. The summed E-state index contributed by atoms with van der Waals surface area (Å²) in [6.07, 6.45) is 0.866. The highest BCUT2D eigenvalue weighted by molar-refractivity contribution is 9.10. The Morgan fingerprint density at radius 2 is 2.24 bits per heavy atom. The summed E-state index contributed by atoms with van der Waals surface area (Å²) in [4.78, 5) is 17.6. The lowest BCUT2D eigenvalue weighted by molar-refractivity contribution is 0.0848. The van der Waals surface area contributed by atoms with Gasteiger partial charge >= 0.3 is 0 Å². The Morgan fingerprint density at radius 3 is 2.88 bits per heavy atom. The van der Waals surface area contributed by atoms with Gasteiger partial charge < -0.3 is 0 Å². The summed E-state index contributed by atoms with van der Waals surface area (Å²) in [5.41, 5.74) is 2.22. The minimum Gasteiger partial charge on any atom is -0.294 e. The Balaban J connectivity index is 2.72. The van der Waals surface area contributed by atoms with Crippen molar-refractivity contribution in [3.8, 4) is 0 Å². The van der Waals surface area contributed by atoms with Crippen LogP contribution < -0.4 is 0 Å². The Bertz CT molecular complexity index is 562. The van der Waals surface area contributed by atoms with E-state index in [1.807, 2.05) is 13.0 Å². The smallest absolute Gasteiger partial charge is 0.261 e. The van der Waals surface area contributed by atoms with Gasteiger partial charge in [-0.3, -0.25) is 9.69 Å². The lowest BCUT2D eigenvalue weighted by Crippen LogP contribution is -2.23. The lowest BCUT2D eigenvalue weighted by atomic mass is 10.1. The molecule has 17 heavy (non-hydrogen) atoms. The molecule has 1 aliphatic heterocycles. The molecule has 0 saturated carbocycles. The SMILES string of the molecule is CCc1ccc2c(c1Br)N=C=C(Cl)N(C)C2=O. The summed E-state index contributed by atoms with van der Waals surface area (Å²) in [5.74, 6) is 2.48. The van der Waals surface area contributed by atoms with Crippen molar-refractivity contribution in [2.24, 2.45) is 4.99 Å². The first-order valence-electron chi connectivity index (χ1n) is 5.15. The zero-order valence-electron chi connectivity index (χ0n) is 9.42. The predicted molar refractivity (Wildman–Crippen MR) is 72.1 cm³/mol. The van der Waals surface area contributed by atoms with E-state index in [2.05, 4.69) is 26.8 Å². The van der Waals surface area contributed by atoms with Crippen LogP contribution in [0.25, 0.3) is 0 Å². The number of amides is 1. The highest BCUT2D eigenvalue weighted by Crippen LogP contribution is 2.35. The van der Waals surface area contributed by atoms with E-state index in [4.69, 9.17) is 11.6 Å². The molecule has 1 aromatic rings. The number of nitrogens with zero attached hydrogens (tertiary/aromatic N) is 2. The molecule has 0 aromatic heterocycles. The van der Waals surface area contributed by atoms with Gasteiger partial charge in [0.25, 0.3) is 5.91 Å². The minimum absolute atomic E-state index is 0.179. The normalized spacial score (nSPS) is 14.5. The number of aliphatic imine (C=N–C) groups is 1. The molecule has 3 nitrogen and oxygen atoms in total. The number of hydrogen-bond donors (Lipinski definition) is 0. The van der Waals surface area contributed by atoms with Crippen molar-refractivity contribution >= 4 is 45.0 Å². The van der Waals surface area contributed by atoms with Crippen molar-refractivity contribution in [1.29, 1.82) is 0 Å². The summed E-state index contributed by atoms with van der Waals surface area (Å²) in [6, 6.07) is 3.70. The van der Waals surface area contributed by atoms with Gasteiger partial charge in [0.2, 0.25) is 0 Å². The van der Waals surface area contributed by atoms with E-state index in [1.165, 1.54) is 4.90 Å². The molecule has 88 valence electrons. The number of benzene rings is 1. The fourth-order valence-corrected chi connectivity index (χ4v) is 2.44. The summed E-state index contributed by atoms with van der Waals surface area (Å²) >= 11 is 9.36. The average Bonchev–Trinajstić information content (AvgIpc) is 2.43. The number of fused-ring (bicyclic) bond motifs is 1. The summed E-state index contributed by atoms with van der Waals surface area (Å²) < 4.78 is 0.832. The number of carbonyl (C=O) groups excluding carboxylic acids is 1. The molecule has 0 atom stereocenters. The third-order valence-electron chi connectivity index (χ3n) is 2.67. The van der Waals surface area contributed by atoms with Crippen molar-refractivity contribution in [2.75, 3.05) is 7.05 Å². The van der Waals surface area contributed by atoms with Crippen molar-refractivity contribution in [3.05, 3.63) is 32.9 Å². The highest BCUT2D eigenvalue weighted by atomic mass is 79.9. The minimum atomic E-state index is -0.179. The van der Waals surface area contributed by atoms with Gasteiger partial charge in [0.1, 0.15) is 5.69 Å². The maximum absolute atomic E-state index is 12.1. The van der Waals surface area contributed by atoms with Crippen LogP contribution in [-0.2, 0) is 6.42 Å². The molecular weight excluding hydrogens is 304 g/mol. The van der Waals surface area contributed by atoms with Gasteiger partial charge in [0.05, 0.1) is 5.56 Å². The second-order valence-electron chi connectivity index (χ2n) is 3.67. The molecule has 0 bridgehead atoms. The number of aryl methyl sites for hydroxylation is 1. The molecule has 1 aliphatic rings. The van der Waals surface area contributed by atoms with E-state index in [-0.39, 0.29) is 11.1 Å². The third-order valence-corrected chi connectivity index (χ3v) is 3.89. The van der Waals surface area contributed by atoms with E-state index in [1.54, 1.807) is 13.1 Å². The van der Waals surface area contributed by atoms with Gasteiger partial charge in [0, 0.05) is 17.4 Å². The van der Waals surface area contributed by atoms with Gasteiger partial charge in [-0.15, -0.1) is 0 Å². The van der Waals surface area contributed by atoms with Crippen LogP contribution in [0.5, 0.6) is 0 Å². The van der Waals surface area contributed by atoms with Crippen molar-refractivity contribution in [1.82, 2.24) is 4.90 Å². The molecule has 0 spiro atoms. The topological polar surface area (TPSA) is 32.7 Å². The van der Waals surface area contributed by atoms with Crippen molar-refractivity contribution in [3.63, 3.8) is 0 Å². The first-order chi connectivity index (χ1) is 8.06. The van der Waals surface area contributed by atoms with Crippen LogP contribution in [0.15, 0.2) is 26.8 Å². The van der Waals surface area contributed by atoms with Crippen molar-refractivity contribution in [2.45, 2.75) is 13.3 Å². The first-order valence-corrected chi connectivity index (χ1v) is 6.32. The second-order valence-corrected chi connectivity index (χ2v) is 4.82. The number of hydrogen-bond acceptors (Lipinski definition) is 2. The fourth-order valence-electron chi connectivity index (χ4n) is 1.61. The maximum Gasteiger partial charge on any atom is 0.261 e. The molecule has 1 aromatic carbocycles. The lowest BCUT2D eigenvalue weighted by Gasteiger charge is -2.14. The first kappa shape index (κ1) is 12.4. The van der Waals surface area contributed by atoms with E-state index in [0.29, 0.717) is 11.3 Å². The third kappa shape index (κ3) is 2.04. The predicted octanol–water partition coefficient (Wildman–Crippen LogP) is 3.48. The van der Waals surface area contributed by atoms with Gasteiger partial charge in [-0.25, -0.2) is 4.99 Å². The summed E-state index contributed by atoms with van der Waals surface area (Å²) in [7, 11) is 1.60. The molecule has 2 rings (SSSR count). The Hall–Kier alpha value is -1.09. The largest absolute Gasteiger partial charge is 0.294 e. The molecule has 0 saturated heterocycles.